The van der Waals surface area contributed by atoms with Crippen LogP contribution < -0.4 is 4.90 Å². The molecule has 0 atom stereocenters. The number of hydrogen-bond acceptors (Lipinski definition) is 5. The van der Waals surface area contributed by atoms with Crippen LogP contribution in [0.2, 0.25) is 0 Å². The molecular formula is C18H29N3O2. The maximum absolute atomic E-state index is 8.63. The Morgan fingerprint density at radius 3 is 2.61 bits per heavy atom. The molecule has 0 fully saturated rings. The van der Waals surface area contributed by atoms with Crippen molar-refractivity contribution in [3.05, 3.63) is 43.0 Å². The maximum Gasteiger partial charge on any atom is 0.105 e. The summed E-state index contributed by atoms with van der Waals surface area (Å²) in [5, 5.41) is 11.7. The Labute approximate surface area is 139 Å². The van der Waals surface area contributed by atoms with Gasteiger partial charge in [-0.3, -0.25) is 0 Å². The van der Waals surface area contributed by atoms with Crippen molar-refractivity contribution in [2.45, 2.75) is 13.3 Å². The van der Waals surface area contributed by atoms with Crippen LogP contribution in [0.5, 0.6) is 0 Å². The first-order chi connectivity index (χ1) is 11.2. The molecule has 1 N–H and O–H groups in total. The van der Waals surface area contributed by atoms with Crippen LogP contribution in [-0.4, -0.2) is 62.3 Å². The number of likely N-dealkylation sites (N-methyl/N-ethyl adjacent to an activating group) is 2. The Kier molecular flexibility index (Phi) is 9.75. The van der Waals surface area contributed by atoms with Crippen molar-refractivity contribution in [1.82, 2.24) is 4.90 Å². The van der Waals surface area contributed by atoms with Gasteiger partial charge < -0.3 is 19.7 Å². The van der Waals surface area contributed by atoms with Crippen molar-refractivity contribution in [3.63, 3.8) is 0 Å². The Balaban J connectivity index is 2.18. The number of anilines is 1. The molecule has 0 heterocycles. The van der Waals surface area contributed by atoms with Crippen LogP contribution in [0.25, 0.3) is 0 Å². The molecule has 0 aliphatic rings. The predicted octanol–water partition coefficient (Wildman–Crippen LogP) is 2.87. The highest BCUT2D eigenvalue weighted by atomic mass is 16.5. The van der Waals surface area contributed by atoms with Crippen LogP contribution in [0, 0.1) is 0 Å². The molecule has 0 aliphatic heterocycles. The first-order valence-corrected chi connectivity index (χ1v) is 8.10. The van der Waals surface area contributed by atoms with Gasteiger partial charge in [0, 0.05) is 38.5 Å². The summed E-state index contributed by atoms with van der Waals surface area (Å²) >= 11 is 0. The highest BCUT2D eigenvalue weighted by Gasteiger charge is 2.05. The Bertz CT molecular complexity index is 463. The molecule has 128 valence electrons. The summed E-state index contributed by atoms with van der Waals surface area (Å²) in [5.74, 6) is 0. The average Bonchev–Trinajstić information content (AvgIpc) is 2.59. The fourth-order valence-electron chi connectivity index (χ4n) is 2.25. The van der Waals surface area contributed by atoms with Crippen molar-refractivity contribution in [1.29, 1.82) is 0 Å². The van der Waals surface area contributed by atoms with Crippen LogP contribution in [0.1, 0.15) is 13.3 Å². The van der Waals surface area contributed by atoms with Gasteiger partial charge in [0.1, 0.15) is 5.71 Å². The van der Waals surface area contributed by atoms with Crippen LogP contribution in [-0.2, 0) is 4.74 Å². The van der Waals surface area contributed by atoms with E-state index >= 15 is 0 Å². The van der Waals surface area contributed by atoms with E-state index in [0.29, 0.717) is 18.9 Å². The van der Waals surface area contributed by atoms with Gasteiger partial charge in [-0.15, -0.1) is 0 Å². The summed E-state index contributed by atoms with van der Waals surface area (Å²) in [4.78, 5) is 4.69. The molecule has 0 saturated heterocycles. The molecule has 23 heavy (non-hydrogen) atoms. The number of hydrogen-bond donors (Lipinski definition) is 1. The molecule has 0 aromatic heterocycles. The highest BCUT2D eigenvalue weighted by molar-refractivity contribution is 5.95. The van der Waals surface area contributed by atoms with E-state index in [1.807, 2.05) is 6.07 Å². The van der Waals surface area contributed by atoms with E-state index in [1.54, 1.807) is 0 Å². The number of para-hydroxylation sites is 1. The Morgan fingerprint density at radius 2 is 2.00 bits per heavy atom. The fourth-order valence-corrected chi connectivity index (χ4v) is 2.25. The first kappa shape index (κ1) is 19.2. The topological polar surface area (TPSA) is 48.3 Å². The molecule has 1 aromatic carbocycles. The molecule has 0 saturated carbocycles. The number of ether oxygens (including phenoxy) is 1. The molecule has 0 radical (unpaired) electrons. The van der Waals surface area contributed by atoms with Gasteiger partial charge in [0.25, 0.3) is 0 Å². The Hall–Kier alpha value is -1.85. The van der Waals surface area contributed by atoms with E-state index in [1.165, 1.54) is 11.8 Å². The highest BCUT2D eigenvalue weighted by Crippen LogP contribution is 2.12. The van der Waals surface area contributed by atoms with Gasteiger partial charge in [0.05, 0.1) is 6.61 Å². The van der Waals surface area contributed by atoms with Crippen LogP contribution in [0.3, 0.4) is 0 Å². The van der Waals surface area contributed by atoms with Crippen molar-refractivity contribution in [3.8, 4) is 0 Å². The van der Waals surface area contributed by atoms with E-state index in [4.69, 9.17) is 9.94 Å². The summed E-state index contributed by atoms with van der Waals surface area (Å²) in [5.41, 5.74) is 1.73. The lowest BCUT2D eigenvalue weighted by Gasteiger charge is -2.26. The maximum atomic E-state index is 8.63. The second kappa shape index (κ2) is 11.7. The summed E-state index contributed by atoms with van der Waals surface area (Å²) in [7, 11) is 2.13. The molecule has 1 aromatic rings. The minimum absolute atomic E-state index is 0.307. The van der Waals surface area contributed by atoms with Crippen molar-refractivity contribution >= 4 is 11.4 Å². The zero-order valence-electron chi connectivity index (χ0n) is 14.3. The summed E-state index contributed by atoms with van der Waals surface area (Å²) in [6.07, 6.45) is 2.44. The normalized spacial score (nSPS) is 11.7. The van der Waals surface area contributed by atoms with Crippen molar-refractivity contribution in [2.75, 3.05) is 51.3 Å². The van der Waals surface area contributed by atoms with Gasteiger partial charge in [0.2, 0.25) is 0 Å². The number of rotatable bonds is 12. The molecule has 1 rings (SSSR count). The molecule has 0 amide bonds. The minimum atomic E-state index is 0.307. The van der Waals surface area contributed by atoms with Gasteiger partial charge in [0.15, 0.2) is 0 Å². The van der Waals surface area contributed by atoms with E-state index in [9.17, 15) is 0 Å². The van der Waals surface area contributed by atoms with E-state index in [0.717, 1.165) is 32.6 Å². The summed E-state index contributed by atoms with van der Waals surface area (Å²) in [6, 6.07) is 10.5. The number of nitrogens with zero attached hydrogens (tertiary/aromatic N) is 3. The SMILES string of the molecule is C=C/C(COCCCN(C)CCN(CC)c1ccccc1)=N\O. The monoisotopic (exact) mass is 319 g/mol. The van der Waals surface area contributed by atoms with Gasteiger partial charge >= 0.3 is 0 Å². The van der Waals surface area contributed by atoms with Crippen molar-refractivity contribution < 1.29 is 9.94 Å². The van der Waals surface area contributed by atoms with E-state index < -0.39 is 0 Å². The molecule has 0 spiro atoms. The third kappa shape index (κ3) is 7.81. The predicted molar refractivity (Wildman–Crippen MR) is 96.7 cm³/mol. The summed E-state index contributed by atoms with van der Waals surface area (Å²) in [6.45, 7) is 10.7. The lowest BCUT2D eigenvalue weighted by molar-refractivity contribution is 0.155. The van der Waals surface area contributed by atoms with Gasteiger partial charge in [-0.2, -0.15) is 0 Å². The quantitative estimate of drug-likeness (QED) is 0.278. The zero-order chi connectivity index (χ0) is 16.9. The van der Waals surface area contributed by atoms with Gasteiger partial charge in [-0.05, 0) is 38.6 Å². The van der Waals surface area contributed by atoms with Crippen molar-refractivity contribution in [2.24, 2.45) is 5.16 Å². The summed E-state index contributed by atoms with van der Waals surface area (Å²) < 4.78 is 5.44. The second-order valence-electron chi connectivity index (χ2n) is 5.42. The third-order valence-corrected chi connectivity index (χ3v) is 3.70. The van der Waals surface area contributed by atoms with E-state index in [2.05, 4.69) is 59.8 Å². The Morgan fingerprint density at radius 1 is 1.26 bits per heavy atom. The first-order valence-electron chi connectivity index (χ1n) is 8.10. The van der Waals surface area contributed by atoms with Crippen LogP contribution >= 0.6 is 0 Å². The van der Waals surface area contributed by atoms with Gasteiger partial charge in [-0.1, -0.05) is 29.9 Å². The number of oxime groups is 1. The molecule has 5 nitrogen and oxygen atoms in total. The molecule has 0 bridgehead atoms. The molecule has 0 aliphatic carbocycles. The minimum Gasteiger partial charge on any atom is -0.411 e. The molecular weight excluding hydrogens is 290 g/mol. The number of benzene rings is 1. The molecule has 5 heteroatoms. The standard InChI is InChI=1S/C18H29N3O2/c1-4-17(19-22)16-23-15-9-12-20(3)13-14-21(5-2)18-10-7-6-8-11-18/h4,6-8,10-11,22H,1,5,9,12-16H2,2-3H3/b19-17+. The lowest BCUT2D eigenvalue weighted by Crippen LogP contribution is -2.34. The van der Waals surface area contributed by atoms with Crippen LogP contribution in [0.15, 0.2) is 48.1 Å². The molecule has 0 unspecified atom stereocenters. The van der Waals surface area contributed by atoms with E-state index in [-0.39, 0.29) is 0 Å². The lowest BCUT2D eigenvalue weighted by atomic mass is 10.3. The van der Waals surface area contributed by atoms with Crippen LogP contribution in [0.4, 0.5) is 5.69 Å². The second-order valence-corrected chi connectivity index (χ2v) is 5.42. The van der Waals surface area contributed by atoms with Gasteiger partial charge in [-0.25, -0.2) is 0 Å². The zero-order valence-corrected chi connectivity index (χ0v) is 14.3. The third-order valence-electron chi connectivity index (χ3n) is 3.70. The smallest absolute Gasteiger partial charge is 0.105 e. The average molecular weight is 319 g/mol. The largest absolute Gasteiger partial charge is 0.411 e. The fraction of sp³-hybridized carbons (Fsp3) is 0.500.